The second-order valence-corrected chi connectivity index (χ2v) is 8.68. The lowest BCUT2D eigenvalue weighted by Gasteiger charge is -2.24. The minimum absolute atomic E-state index is 0.0735. The molecule has 2 amide bonds. The van der Waals surface area contributed by atoms with Crippen molar-refractivity contribution in [2.45, 2.75) is 31.0 Å². The van der Waals surface area contributed by atoms with Gasteiger partial charge in [-0.05, 0) is 0 Å². The van der Waals surface area contributed by atoms with Crippen LogP contribution in [0.25, 0.3) is 11.2 Å². The van der Waals surface area contributed by atoms with Crippen molar-refractivity contribution in [3.63, 3.8) is 0 Å². The lowest BCUT2D eigenvalue weighted by molar-refractivity contribution is -0.138. The Morgan fingerprint density at radius 1 is 1.03 bits per heavy atom. The summed E-state index contributed by atoms with van der Waals surface area (Å²) in [5.41, 5.74) is 6.42. The maximum Gasteiger partial charge on any atom is 0.252 e. The van der Waals surface area contributed by atoms with Gasteiger partial charge in [0.25, 0.3) is 5.91 Å². The van der Waals surface area contributed by atoms with Crippen molar-refractivity contribution in [2.24, 2.45) is 0 Å². The summed E-state index contributed by atoms with van der Waals surface area (Å²) < 4.78 is 7.08. The van der Waals surface area contributed by atoms with Crippen LogP contribution in [-0.4, -0.2) is 124 Å². The molecule has 4 rings (SSSR count). The minimum Gasteiger partial charge on any atom is -0.387 e. The van der Waals surface area contributed by atoms with Gasteiger partial charge in [-0.3, -0.25) is 14.2 Å². The van der Waals surface area contributed by atoms with Crippen molar-refractivity contribution in [1.82, 2.24) is 45.7 Å². The monoisotopic (exact) mass is 506 g/mol. The molecule has 2 aromatic heterocycles. The predicted octanol–water partition coefficient (Wildman–Crippen LogP) is -3.85. The van der Waals surface area contributed by atoms with Crippen LogP contribution in [0.15, 0.2) is 12.7 Å². The lowest BCUT2D eigenvalue weighted by Crippen LogP contribution is -2.46. The van der Waals surface area contributed by atoms with Crippen LogP contribution in [0.3, 0.4) is 0 Å². The molecule has 0 unspecified atom stereocenters. The Labute approximate surface area is 207 Å². The standard InChI is InChI=1S/C21H34N10O5/c22-18-14-19(28-11-27-18)31(12-29-14)21-16(34)15(33)17(36-21)20(35)26-2-1-13(32)30-9-7-24-5-3-23-4-6-25-8-10-30/h11-12,15-17,21,23-25,33-34H,1-10H2,(H,26,35)(H2,22,27,28)/t15-,16+,17-,21+/m0/s1. The highest BCUT2D eigenvalue weighted by Gasteiger charge is 2.47. The topological polar surface area (TPSA) is 205 Å². The number of hydrogen-bond acceptors (Lipinski definition) is 12. The van der Waals surface area contributed by atoms with Gasteiger partial charge < -0.3 is 46.9 Å². The highest BCUT2D eigenvalue weighted by molar-refractivity contribution is 5.83. The highest BCUT2D eigenvalue weighted by Crippen LogP contribution is 2.32. The fourth-order valence-corrected chi connectivity index (χ4v) is 4.23. The number of carbonyl (C=O) groups is 2. The third-order valence-corrected chi connectivity index (χ3v) is 6.22. The number of rotatable bonds is 5. The number of ether oxygens (including phenoxy) is 1. The number of fused-ring (bicyclic) bond motifs is 1. The van der Waals surface area contributed by atoms with E-state index in [1.54, 1.807) is 4.90 Å². The lowest BCUT2D eigenvalue weighted by atomic mass is 10.1. The molecule has 15 nitrogen and oxygen atoms in total. The van der Waals surface area contributed by atoms with Crippen molar-refractivity contribution in [1.29, 1.82) is 0 Å². The largest absolute Gasteiger partial charge is 0.387 e. The van der Waals surface area contributed by atoms with E-state index in [4.69, 9.17) is 10.5 Å². The molecule has 0 aromatic carbocycles. The van der Waals surface area contributed by atoms with Crippen LogP contribution in [0.4, 0.5) is 5.82 Å². The molecule has 4 atom stereocenters. The quantitative estimate of drug-likeness (QED) is 0.208. The summed E-state index contributed by atoms with van der Waals surface area (Å²) in [5, 5.41) is 33.6. The molecular formula is C21H34N10O5. The summed E-state index contributed by atoms with van der Waals surface area (Å²) in [6.45, 7) is 5.95. The van der Waals surface area contributed by atoms with E-state index in [1.165, 1.54) is 17.2 Å². The smallest absolute Gasteiger partial charge is 0.252 e. The normalized spacial score (nSPS) is 26.3. The third kappa shape index (κ3) is 6.05. The number of nitrogens with one attached hydrogen (secondary N) is 4. The highest BCUT2D eigenvalue weighted by atomic mass is 16.6. The first-order chi connectivity index (χ1) is 17.5. The van der Waals surface area contributed by atoms with Crippen molar-refractivity contribution in [2.75, 3.05) is 64.6 Å². The molecule has 2 aromatic rings. The van der Waals surface area contributed by atoms with Crippen LogP contribution in [-0.2, 0) is 14.3 Å². The van der Waals surface area contributed by atoms with Gasteiger partial charge in [0.05, 0.1) is 6.33 Å². The van der Waals surface area contributed by atoms with Gasteiger partial charge >= 0.3 is 0 Å². The molecule has 2 aliphatic rings. The van der Waals surface area contributed by atoms with E-state index in [9.17, 15) is 19.8 Å². The number of aliphatic hydroxyl groups excluding tert-OH is 2. The first kappa shape index (κ1) is 26.1. The molecule has 2 fully saturated rings. The number of nitrogen functional groups attached to an aromatic ring is 1. The van der Waals surface area contributed by atoms with Gasteiger partial charge in [0.1, 0.15) is 24.1 Å². The molecule has 0 saturated carbocycles. The molecule has 0 aliphatic carbocycles. The molecule has 2 saturated heterocycles. The summed E-state index contributed by atoms with van der Waals surface area (Å²) >= 11 is 0. The number of aromatic nitrogens is 4. The molecule has 0 spiro atoms. The van der Waals surface area contributed by atoms with Crippen LogP contribution >= 0.6 is 0 Å². The van der Waals surface area contributed by atoms with Gasteiger partial charge in [-0.2, -0.15) is 0 Å². The number of amides is 2. The van der Waals surface area contributed by atoms with E-state index in [1.807, 2.05) is 0 Å². The fraction of sp³-hybridized carbons (Fsp3) is 0.667. The zero-order valence-corrected chi connectivity index (χ0v) is 20.0. The van der Waals surface area contributed by atoms with Crippen LogP contribution in [0.2, 0.25) is 0 Å². The summed E-state index contributed by atoms with van der Waals surface area (Å²) in [4.78, 5) is 39.3. The summed E-state index contributed by atoms with van der Waals surface area (Å²) in [7, 11) is 0. The second kappa shape index (κ2) is 12.3. The Morgan fingerprint density at radius 2 is 1.69 bits per heavy atom. The number of hydrogen-bond donors (Lipinski definition) is 7. The van der Waals surface area contributed by atoms with E-state index >= 15 is 0 Å². The fourth-order valence-electron chi connectivity index (χ4n) is 4.23. The molecule has 198 valence electrons. The zero-order valence-electron chi connectivity index (χ0n) is 20.0. The number of aliphatic hydroxyl groups is 2. The Bertz CT molecular complexity index is 1020. The molecule has 8 N–H and O–H groups in total. The minimum atomic E-state index is -1.48. The first-order valence-corrected chi connectivity index (χ1v) is 12.1. The van der Waals surface area contributed by atoms with E-state index < -0.39 is 30.4 Å². The average molecular weight is 507 g/mol. The summed E-state index contributed by atoms with van der Waals surface area (Å²) in [6, 6.07) is 0. The van der Waals surface area contributed by atoms with Crippen molar-refractivity contribution in [3.8, 4) is 0 Å². The van der Waals surface area contributed by atoms with E-state index in [-0.39, 0.29) is 24.7 Å². The molecular weight excluding hydrogens is 472 g/mol. The third-order valence-electron chi connectivity index (χ3n) is 6.22. The van der Waals surface area contributed by atoms with Gasteiger partial charge in [0.15, 0.2) is 23.8 Å². The summed E-state index contributed by atoms with van der Waals surface area (Å²) in [6.07, 6.45) is -2.62. The van der Waals surface area contributed by atoms with Gasteiger partial charge in [-0.1, -0.05) is 0 Å². The predicted molar refractivity (Wildman–Crippen MR) is 128 cm³/mol. The molecule has 0 bridgehead atoms. The number of anilines is 1. The maximum atomic E-state index is 12.7. The number of nitrogens with two attached hydrogens (primary N) is 1. The average Bonchev–Trinajstić information content (AvgIpc) is 3.41. The van der Waals surface area contributed by atoms with Crippen molar-refractivity contribution < 1.29 is 24.5 Å². The van der Waals surface area contributed by atoms with Crippen LogP contribution in [0.5, 0.6) is 0 Å². The number of carbonyl (C=O) groups excluding carboxylic acids is 2. The van der Waals surface area contributed by atoms with Crippen LogP contribution < -0.4 is 27.0 Å². The van der Waals surface area contributed by atoms with Crippen molar-refractivity contribution >= 4 is 28.8 Å². The Morgan fingerprint density at radius 3 is 2.39 bits per heavy atom. The zero-order chi connectivity index (χ0) is 25.5. The van der Waals surface area contributed by atoms with Gasteiger partial charge in [-0.15, -0.1) is 0 Å². The molecule has 2 aliphatic heterocycles. The summed E-state index contributed by atoms with van der Waals surface area (Å²) in [5.74, 6) is -0.548. The van der Waals surface area contributed by atoms with Gasteiger partial charge in [0.2, 0.25) is 5.91 Å². The van der Waals surface area contributed by atoms with E-state index in [0.717, 1.165) is 26.2 Å². The second-order valence-electron chi connectivity index (χ2n) is 8.68. The maximum absolute atomic E-state index is 12.7. The Kier molecular flexibility index (Phi) is 8.95. The van der Waals surface area contributed by atoms with E-state index in [2.05, 4.69) is 36.2 Å². The van der Waals surface area contributed by atoms with Crippen LogP contribution in [0, 0.1) is 0 Å². The van der Waals surface area contributed by atoms with E-state index in [0.29, 0.717) is 37.3 Å². The molecule has 36 heavy (non-hydrogen) atoms. The number of nitrogens with zero attached hydrogens (tertiary/aromatic N) is 5. The van der Waals surface area contributed by atoms with Gasteiger partial charge in [0, 0.05) is 65.3 Å². The van der Waals surface area contributed by atoms with Crippen LogP contribution in [0.1, 0.15) is 12.6 Å². The SMILES string of the molecule is Nc1ncnc2c1ncn2[C@@H]1O[C@H](C(=O)NCCC(=O)N2CCNCCNCCNCC2)[C@@H](O)[C@H]1O. The Hall–Kier alpha value is -2.95. The molecule has 4 heterocycles. The van der Waals surface area contributed by atoms with Crippen molar-refractivity contribution in [3.05, 3.63) is 12.7 Å². The molecule has 15 heteroatoms. The molecule has 0 radical (unpaired) electrons. The number of imidazole rings is 1. The Balaban J connectivity index is 1.29. The van der Waals surface area contributed by atoms with Gasteiger partial charge in [-0.25, -0.2) is 15.0 Å². The first-order valence-electron chi connectivity index (χ1n) is 12.1.